The van der Waals surface area contributed by atoms with E-state index in [0.717, 1.165) is 17.5 Å². The van der Waals surface area contributed by atoms with Crippen molar-refractivity contribution in [2.75, 3.05) is 6.61 Å². The number of hydrogen-bond donors (Lipinski definition) is 0. The van der Waals surface area contributed by atoms with Crippen LogP contribution in [0, 0.1) is 0 Å². The maximum atomic E-state index is 5.77. The summed E-state index contributed by atoms with van der Waals surface area (Å²) in [5, 5.41) is 0.270. The zero-order valence-electron chi connectivity index (χ0n) is 8.51. The molecule has 0 spiro atoms. The van der Waals surface area contributed by atoms with Gasteiger partial charge in [0.1, 0.15) is 11.5 Å². The van der Waals surface area contributed by atoms with Crippen molar-refractivity contribution in [1.82, 2.24) is 8.75 Å². The molecule has 1 heterocycles. The summed E-state index contributed by atoms with van der Waals surface area (Å²) in [5.74, 6) is 1.69. The van der Waals surface area contributed by atoms with E-state index in [-0.39, 0.29) is 5.15 Å². The van der Waals surface area contributed by atoms with Crippen LogP contribution in [0.3, 0.4) is 0 Å². The largest absolute Gasteiger partial charge is 0.494 e. The Hall–Kier alpha value is -1.33. The van der Waals surface area contributed by atoms with Crippen LogP contribution in [0.1, 0.15) is 6.92 Å². The van der Waals surface area contributed by atoms with E-state index in [9.17, 15) is 0 Å². The predicted molar refractivity (Wildman–Crippen MR) is 62.6 cm³/mol. The van der Waals surface area contributed by atoms with Gasteiger partial charge >= 0.3 is 0 Å². The van der Waals surface area contributed by atoms with Crippen molar-refractivity contribution in [2.24, 2.45) is 0 Å². The molecule has 0 unspecified atom stereocenters. The molecule has 16 heavy (non-hydrogen) atoms. The van der Waals surface area contributed by atoms with E-state index in [1.54, 1.807) is 12.1 Å². The monoisotopic (exact) mass is 256 g/mol. The number of rotatable bonds is 4. The van der Waals surface area contributed by atoms with E-state index in [0.29, 0.717) is 18.2 Å². The van der Waals surface area contributed by atoms with Crippen LogP contribution in [-0.2, 0) is 0 Å². The van der Waals surface area contributed by atoms with Gasteiger partial charge in [-0.05, 0) is 19.1 Å². The van der Waals surface area contributed by atoms with E-state index < -0.39 is 0 Å². The highest BCUT2D eigenvalue weighted by Gasteiger charge is 2.08. The van der Waals surface area contributed by atoms with Gasteiger partial charge in [-0.25, -0.2) is 0 Å². The molecule has 0 saturated carbocycles. The summed E-state index contributed by atoms with van der Waals surface area (Å²) in [6.07, 6.45) is 0. The second-order valence-corrected chi connectivity index (χ2v) is 3.76. The first-order chi connectivity index (χ1) is 7.79. The SMILES string of the molecule is CCOc1cccc(Oc2nsnc2Cl)c1. The van der Waals surface area contributed by atoms with E-state index in [1.807, 2.05) is 19.1 Å². The highest BCUT2D eigenvalue weighted by Crippen LogP contribution is 2.28. The first-order valence-electron chi connectivity index (χ1n) is 4.68. The van der Waals surface area contributed by atoms with Crippen molar-refractivity contribution < 1.29 is 9.47 Å². The molecule has 0 amide bonds. The highest BCUT2D eigenvalue weighted by molar-refractivity contribution is 6.99. The predicted octanol–water partition coefficient (Wildman–Crippen LogP) is 3.38. The molecule has 1 aromatic carbocycles. The molecule has 4 nitrogen and oxygen atoms in total. The molecule has 2 rings (SSSR count). The molecule has 0 N–H and O–H groups in total. The number of nitrogens with zero attached hydrogens (tertiary/aromatic N) is 2. The number of benzene rings is 1. The fourth-order valence-electron chi connectivity index (χ4n) is 1.14. The van der Waals surface area contributed by atoms with Crippen LogP contribution in [-0.4, -0.2) is 15.4 Å². The topological polar surface area (TPSA) is 44.2 Å². The molecule has 1 aromatic heterocycles. The molecule has 0 aliphatic carbocycles. The lowest BCUT2D eigenvalue weighted by Gasteiger charge is -2.05. The minimum Gasteiger partial charge on any atom is -0.494 e. The van der Waals surface area contributed by atoms with E-state index in [4.69, 9.17) is 21.1 Å². The Bertz CT molecular complexity index is 475. The summed E-state index contributed by atoms with van der Waals surface area (Å²) in [6.45, 7) is 2.54. The quantitative estimate of drug-likeness (QED) is 0.841. The molecule has 6 heteroatoms. The molecule has 0 aliphatic heterocycles. The van der Waals surface area contributed by atoms with Crippen molar-refractivity contribution in [1.29, 1.82) is 0 Å². The summed E-state index contributed by atoms with van der Waals surface area (Å²) in [4.78, 5) is 0. The number of halogens is 1. The first kappa shape index (κ1) is 11.2. The molecular weight excluding hydrogens is 248 g/mol. The van der Waals surface area contributed by atoms with Gasteiger partial charge in [0, 0.05) is 6.07 Å². The lowest BCUT2D eigenvalue weighted by atomic mass is 10.3. The van der Waals surface area contributed by atoms with Crippen molar-refractivity contribution in [2.45, 2.75) is 6.92 Å². The van der Waals surface area contributed by atoms with Gasteiger partial charge in [0.25, 0.3) is 5.88 Å². The van der Waals surface area contributed by atoms with Crippen LogP contribution in [0.5, 0.6) is 17.4 Å². The maximum Gasteiger partial charge on any atom is 0.270 e. The van der Waals surface area contributed by atoms with Crippen LogP contribution in [0.15, 0.2) is 24.3 Å². The molecule has 0 aliphatic rings. The highest BCUT2D eigenvalue weighted by atomic mass is 35.5. The summed E-state index contributed by atoms with van der Waals surface area (Å²) < 4.78 is 18.5. The van der Waals surface area contributed by atoms with E-state index in [2.05, 4.69) is 8.75 Å². The zero-order valence-corrected chi connectivity index (χ0v) is 10.1. The minimum absolute atomic E-state index is 0.270. The lowest BCUT2D eigenvalue weighted by molar-refractivity contribution is 0.338. The summed E-state index contributed by atoms with van der Waals surface area (Å²) in [7, 11) is 0. The van der Waals surface area contributed by atoms with Crippen LogP contribution in [0.4, 0.5) is 0 Å². The Balaban J connectivity index is 2.15. The first-order valence-corrected chi connectivity index (χ1v) is 5.79. The normalized spacial score (nSPS) is 10.1. The molecule has 0 atom stereocenters. The maximum absolute atomic E-state index is 5.77. The number of ether oxygens (including phenoxy) is 2. The average Bonchev–Trinajstić information content (AvgIpc) is 2.66. The molecule has 0 saturated heterocycles. The van der Waals surface area contributed by atoms with Gasteiger partial charge in [-0.3, -0.25) is 0 Å². The molecule has 84 valence electrons. The average molecular weight is 257 g/mol. The van der Waals surface area contributed by atoms with Crippen molar-refractivity contribution in [3.63, 3.8) is 0 Å². The van der Waals surface area contributed by atoms with Gasteiger partial charge in [0.15, 0.2) is 0 Å². The van der Waals surface area contributed by atoms with Gasteiger partial charge < -0.3 is 9.47 Å². The Labute approximate surface area is 102 Å². The van der Waals surface area contributed by atoms with Crippen molar-refractivity contribution >= 4 is 23.3 Å². The van der Waals surface area contributed by atoms with E-state index >= 15 is 0 Å². The van der Waals surface area contributed by atoms with Crippen LogP contribution < -0.4 is 9.47 Å². The van der Waals surface area contributed by atoms with Gasteiger partial charge in [-0.2, -0.15) is 4.37 Å². The molecular formula is C10H9ClN2O2S. The standard InChI is InChI=1S/C10H9ClN2O2S/c1-2-14-7-4-3-5-8(6-7)15-10-9(11)12-16-13-10/h3-6H,2H2,1H3. The van der Waals surface area contributed by atoms with Gasteiger partial charge in [0.05, 0.1) is 18.3 Å². The number of aromatic nitrogens is 2. The second-order valence-electron chi connectivity index (χ2n) is 2.87. The van der Waals surface area contributed by atoms with Gasteiger partial charge in [-0.1, -0.05) is 17.7 Å². The summed E-state index contributed by atoms with van der Waals surface area (Å²) in [5.41, 5.74) is 0. The second kappa shape index (κ2) is 5.14. The third-order valence-corrected chi connectivity index (χ3v) is 2.61. The summed E-state index contributed by atoms with van der Waals surface area (Å²) in [6, 6.07) is 7.28. The van der Waals surface area contributed by atoms with Crippen LogP contribution >= 0.6 is 23.3 Å². The van der Waals surface area contributed by atoms with Gasteiger partial charge in [-0.15, -0.1) is 4.37 Å². The Morgan fingerprint density at radius 3 is 2.81 bits per heavy atom. The lowest BCUT2D eigenvalue weighted by Crippen LogP contribution is -1.91. The third-order valence-electron chi connectivity index (χ3n) is 1.75. The fraction of sp³-hybridized carbons (Fsp3) is 0.200. The fourth-order valence-corrected chi connectivity index (χ4v) is 1.75. The van der Waals surface area contributed by atoms with E-state index in [1.165, 1.54) is 0 Å². The van der Waals surface area contributed by atoms with Crippen LogP contribution in [0.25, 0.3) is 0 Å². The molecule has 0 bridgehead atoms. The number of hydrogen-bond acceptors (Lipinski definition) is 5. The Kier molecular flexibility index (Phi) is 3.58. The molecule has 2 aromatic rings. The minimum atomic E-state index is 0.270. The zero-order chi connectivity index (χ0) is 11.4. The summed E-state index contributed by atoms with van der Waals surface area (Å²) >= 11 is 6.78. The van der Waals surface area contributed by atoms with Crippen LogP contribution in [0.2, 0.25) is 5.15 Å². The smallest absolute Gasteiger partial charge is 0.270 e. The molecule has 0 fully saturated rings. The van der Waals surface area contributed by atoms with Crippen molar-refractivity contribution in [3.8, 4) is 17.4 Å². The Morgan fingerprint density at radius 1 is 1.31 bits per heavy atom. The molecule has 0 radical (unpaired) electrons. The van der Waals surface area contributed by atoms with Crippen molar-refractivity contribution in [3.05, 3.63) is 29.4 Å². The van der Waals surface area contributed by atoms with Gasteiger partial charge in [0.2, 0.25) is 5.15 Å². The Morgan fingerprint density at radius 2 is 2.12 bits per heavy atom. The third kappa shape index (κ3) is 2.62.